The van der Waals surface area contributed by atoms with Gasteiger partial charge in [-0.3, -0.25) is 9.78 Å². The van der Waals surface area contributed by atoms with E-state index in [-0.39, 0.29) is 18.7 Å². The maximum atomic E-state index is 11.7. The molecule has 0 spiro atoms. The molecule has 0 bridgehead atoms. The number of nitrogens with one attached hydrogen (secondary N) is 2. The van der Waals surface area contributed by atoms with Crippen LogP contribution in [0, 0.1) is 0 Å². The van der Waals surface area contributed by atoms with E-state index in [0.717, 1.165) is 24.0 Å². The van der Waals surface area contributed by atoms with Crippen molar-refractivity contribution in [2.24, 2.45) is 0 Å². The van der Waals surface area contributed by atoms with E-state index in [0.29, 0.717) is 56.1 Å². The summed E-state index contributed by atoms with van der Waals surface area (Å²) in [7, 11) is 0. The van der Waals surface area contributed by atoms with Crippen molar-refractivity contribution in [3.05, 3.63) is 65.9 Å². The molecular formula is C26H31N5O4. The molecule has 3 heterocycles. The Balaban J connectivity index is 1.49. The lowest BCUT2D eigenvalue weighted by molar-refractivity contribution is -0.142. The molecule has 4 rings (SSSR count). The molecule has 0 saturated carbocycles. The van der Waals surface area contributed by atoms with Crippen molar-refractivity contribution in [2.75, 3.05) is 37.0 Å². The maximum absolute atomic E-state index is 11.7. The fraction of sp³-hybridized carbons (Fsp3) is 0.385. The first-order chi connectivity index (χ1) is 17.2. The van der Waals surface area contributed by atoms with Crippen molar-refractivity contribution in [3.8, 4) is 11.5 Å². The minimum absolute atomic E-state index is 0.149. The van der Waals surface area contributed by atoms with Crippen molar-refractivity contribution in [1.29, 1.82) is 0 Å². The summed E-state index contributed by atoms with van der Waals surface area (Å²) in [4.78, 5) is 25.6. The minimum Gasteiger partial charge on any atom is -0.466 e. The van der Waals surface area contributed by atoms with E-state index in [1.807, 2.05) is 36.4 Å². The number of aromatic nitrogens is 3. The van der Waals surface area contributed by atoms with Crippen LogP contribution in [0.5, 0.6) is 0 Å². The van der Waals surface area contributed by atoms with Crippen LogP contribution in [0.25, 0.3) is 11.5 Å². The molecule has 184 valence electrons. The largest absolute Gasteiger partial charge is 0.466 e. The second-order valence-electron chi connectivity index (χ2n) is 8.04. The number of benzene rings is 1. The van der Waals surface area contributed by atoms with Crippen LogP contribution < -0.4 is 10.6 Å². The van der Waals surface area contributed by atoms with Gasteiger partial charge < -0.3 is 24.8 Å². The number of anilines is 2. The smallest absolute Gasteiger partial charge is 0.307 e. The average molecular weight is 478 g/mol. The molecule has 0 aliphatic carbocycles. The molecule has 1 aliphatic rings. The first-order valence-electron chi connectivity index (χ1n) is 11.9. The van der Waals surface area contributed by atoms with Crippen molar-refractivity contribution in [1.82, 2.24) is 15.0 Å². The zero-order chi connectivity index (χ0) is 24.3. The van der Waals surface area contributed by atoms with E-state index in [2.05, 4.69) is 32.7 Å². The van der Waals surface area contributed by atoms with Gasteiger partial charge in [0.1, 0.15) is 17.3 Å². The first-order valence-corrected chi connectivity index (χ1v) is 11.9. The van der Waals surface area contributed by atoms with Crippen LogP contribution in [0.15, 0.2) is 54.7 Å². The predicted octanol–water partition coefficient (Wildman–Crippen LogP) is 3.82. The minimum atomic E-state index is -0.249. The number of hydrogen-bond acceptors (Lipinski definition) is 9. The molecule has 1 fully saturated rings. The molecule has 3 aromatic rings. The van der Waals surface area contributed by atoms with E-state index >= 15 is 0 Å². The van der Waals surface area contributed by atoms with Gasteiger partial charge in [-0.1, -0.05) is 30.3 Å². The molecule has 0 atom stereocenters. The average Bonchev–Trinajstić information content (AvgIpc) is 3.41. The van der Waals surface area contributed by atoms with Gasteiger partial charge in [0.05, 0.1) is 26.2 Å². The Morgan fingerprint density at radius 1 is 1.03 bits per heavy atom. The molecule has 35 heavy (non-hydrogen) atoms. The summed E-state index contributed by atoms with van der Waals surface area (Å²) in [5.74, 6) is 1.52. The Morgan fingerprint density at radius 3 is 2.57 bits per heavy atom. The Labute approximate surface area is 205 Å². The zero-order valence-corrected chi connectivity index (χ0v) is 19.9. The molecule has 2 N–H and O–H groups in total. The van der Waals surface area contributed by atoms with Crippen molar-refractivity contribution in [2.45, 2.75) is 39.0 Å². The van der Waals surface area contributed by atoms with Crippen LogP contribution in [-0.4, -0.2) is 53.6 Å². The lowest BCUT2D eigenvalue weighted by atomic mass is 10.1. The quantitative estimate of drug-likeness (QED) is 0.376. The van der Waals surface area contributed by atoms with Gasteiger partial charge in [-0.15, -0.1) is 0 Å². The van der Waals surface area contributed by atoms with Crippen LogP contribution in [0.1, 0.15) is 30.9 Å². The van der Waals surface area contributed by atoms with Gasteiger partial charge in [0, 0.05) is 31.8 Å². The lowest BCUT2D eigenvalue weighted by Crippen LogP contribution is -2.13. The SMILES string of the molecule is CCOC(=O)CCNc1cc(NCc2ccccc2)nc(-c2cc(CCC3OCCO3)ccn2)n1. The monoisotopic (exact) mass is 477 g/mol. The number of carbonyl (C=O) groups is 1. The summed E-state index contributed by atoms with van der Waals surface area (Å²) in [5.41, 5.74) is 2.92. The second-order valence-corrected chi connectivity index (χ2v) is 8.04. The number of ether oxygens (including phenoxy) is 3. The molecule has 9 nitrogen and oxygen atoms in total. The number of rotatable bonds is 12. The molecule has 0 radical (unpaired) electrons. The number of pyridine rings is 1. The summed E-state index contributed by atoms with van der Waals surface area (Å²) in [6, 6.07) is 15.9. The summed E-state index contributed by atoms with van der Waals surface area (Å²) >= 11 is 0. The van der Waals surface area contributed by atoms with Crippen LogP contribution in [0.4, 0.5) is 11.6 Å². The molecular weight excluding hydrogens is 446 g/mol. The molecule has 0 amide bonds. The van der Waals surface area contributed by atoms with Crippen molar-refractivity contribution >= 4 is 17.6 Å². The van der Waals surface area contributed by atoms with Crippen LogP contribution in [0.3, 0.4) is 0 Å². The highest BCUT2D eigenvalue weighted by atomic mass is 16.7. The van der Waals surface area contributed by atoms with E-state index in [9.17, 15) is 4.79 Å². The van der Waals surface area contributed by atoms with Gasteiger partial charge in [0.15, 0.2) is 12.1 Å². The van der Waals surface area contributed by atoms with E-state index in [4.69, 9.17) is 19.2 Å². The van der Waals surface area contributed by atoms with Crippen LogP contribution >= 0.6 is 0 Å². The third kappa shape index (κ3) is 7.73. The number of nitrogens with zero attached hydrogens (tertiary/aromatic N) is 3. The fourth-order valence-corrected chi connectivity index (χ4v) is 3.67. The highest BCUT2D eigenvalue weighted by molar-refractivity contribution is 5.70. The molecule has 1 saturated heterocycles. The standard InChI is InChI=1S/C26H31N5O4/c1-2-33-24(32)11-13-28-22-17-23(29-18-20-6-4-3-5-7-20)31-26(30-22)21-16-19(10-12-27-21)8-9-25-34-14-15-35-25/h3-7,10,12,16-17,25H,2,8-9,11,13-15,18H2,1H3,(H2,28,29,30,31). The highest BCUT2D eigenvalue weighted by Crippen LogP contribution is 2.21. The molecule has 2 aromatic heterocycles. The number of aryl methyl sites for hydroxylation is 1. The molecule has 9 heteroatoms. The summed E-state index contributed by atoms with van der Waals surface area (Å²) in [5, 5.41) is 6.57. The number of hydrogen-bond donors (Lipinski definition) is 2. The van der Waals surface area contributed by atoms with E-state index in [1.54, 1.807) is 13.1 Å². The van der Waals surface area contributed by atoms with Gasteiger partial charge >= 0.3 is 5.97 Å². The summed E-state index contributed by atoms with van der Waals surface area (Å²) in [6.07, 6.45) is 3.45. The summed E-state index contributed by atoms with van der Waals surface area (Å²) < 4.78 is 16.1. The predicted molar refractivity (Wildman–Crippen MR) is 133 cm³/mol. The molecule has 0 unspecified atom stereocenters. The fourth-order valence-electron chi connectivity index (χ4n) is 3.67. The third-order valence-corrected chi connectivity index (χ3v) is 5.40. The first kappa shape index (κ1) is 24.6. The third-order valence-electron chi connectivity index (χ3n) is 5.40. The van der Waals surface area contributed by atoms with Gasteiger partial charge in [-0.05, 0) is 36.6 Å². The highest BCUT2D eigenvalue weighted by Gasteiger charge is 2.16. The second kappa shape index (κ2) is 12.8. The zero-order valence-electron chi connectivity index (χ0n) is 19.9. The lowest BCUT2D eigenvalue weighted by Gasteiger charge is -2.12. The van der Waals surface area contributed by atoms with E-state index < -0.39 is 0 Å². The topological polar surface area (TPSA) is 107 Å². The number of esters is 1. The summed E-state index contributed by atoms with van der Waals surface area (Å²) in [6.45, 7) is 4.48. The normalized spacial score (nSPS) is 13.5. The Kier molecular flexibility index (Phi) is 8.97. The van der Waals surface area contributed by atoms with Crippen LogP contribution in [-0.2, 0) is 32.0 Å². The van der Waals surface area contributed by atoms with Gasteiger partial charge in [0.2, 0.25) is 0 Å². The van der Waals surface area contributed by atoms with Gasteiger partial charge in [-0.25, -0.2) is 9.97 Å². The molecule has 1 aliphatic heterocycles. The van der Waals surface area contributed by atoms with Crippen LogP contribution in [0.2, 0.25) is 0 Å². The Hall–Kier alpha value is -3.56. The van der Waals surface area contributed by atoms with Gasteiger partial charge in [0.25, 0.3) is 0 Å². The van der Waals surface area contributed by atoms with Crippen molar-refractivity contribution in [3.63, 3.8) is 0 Å². The Morgan fingerprint density at radius 2 is 1.80 bits per heavy atom. The number of carbonyl (C=O) groups excluding carboxylic acids is 1. The van der Waals surface area contributed by atoms with Gasteiger partial charge in [-0.2, -0.15) is 0 Å². The maximum Gasteiger partial charge on any atom is 0.307 e. The molecule has 1 aromatic carbocycles. The van der Waals surface area contributed by atoms with Crippen molar-refractivity contribution < 1.29 is 19.0 Å². The van der Waals surface area contributed by atoms with E-state index in [1.165, 1.54) is 0 Å². The Bertz CT molecular complexity index is 1090.